The van der Waals surface area contributed by atoms with Gasteiger partial charge in [0.15, 0.2) is 0 Å². The van der Waals surface area contributed by atoms with Gasteiger partial charge in [-0.15, -0.1) is 0 Å². The van der Waals surface area contributed by atoms with Crippen LogP contribution in [0.3, 0.4) is 0 Å². The normalized spacial score (nSPS) is 24.7. The molecule has 138 valence electrons. The first-order valence-electron chi connectivity index (χ1n) is 9.76. The number of hydrogen-bond donors (Lipinski definition) is 2. The van der Waals surface area contributed by atoms with Gasteiger partial charge >= 0.3 is 5.69 Å². The Balaban J connectivity index is 1.40. The van der Waals surface area contributed by atoms with Gasteiger partial charge in [-0.05, 0) is 62.0 Å². The number of aryl methyl sites for hydroxylation is 2. The third-order valence-corrected chi connectivity index (χ3v) is 6.41. The zero-order valence-corrected chi connectivity index (χ0v) is 15.4. The fourth-order valence-corrected chi connectivity index (χ4v) is 4.83. The molecule has 1 spiro atoms. The van der Waals surface area contributed by atoms with Crippen molar-refractivity contribution in [3.05, 3.63) is 68.0 Å². The van der Waals surface area contributed by atoms with Crippen LogP contribution in [0, 0.1) is 0 Å². The lowest BCUT2D eigenvalue weighted by molar-refractivity contribution is 0.244. The average molecular weight is 353 g/mol. The van der Waals surface area contributed by atoms with Crippen LogP contribution in [0.1, 0.15) is 55.7 Å². The van der Waals surface area contributed by atoms with Crippen LogP contribution in [0.15, 0.2) is 40.1 Å². The fourth-order valence-electron chi connectivity index (χ4n) is 4.83. The first kappa shape index (κ1) is 17.3. The van der Waals surface area contributed by atoms with Crippen molar-refractivity contribution >= 4 is 0 Å². The maximum absolute atomic E-state index is 12.0. The second-order valence-corrected chi connectivity index (χ2v) is 7.79. The molecule has 2 aliphatic carbocycles. The van der Waals surface area contributed by atoms with Crippen LogP contribution in [0.2, 0.25) is 0 Å². The summed E-state index contributed by atoms with van der Waals surface area (Å²) in [5.74, 6) is 0. The standard InChI is InChI=1S/C21H27N3O2/c1-2-24-14-16(19(25)23-20(24)26)13-22-17-8-11-21(12-9-17)10-7-15-5-3-4-6-18(15)21/h3-6,14,17,22H,2,7-13H2,1H3,(H,23,25,26). The Labute approximate surface area is 153 Å². The molecular formula is C21H27N3O2. The predicted octanol–water partition coefficient (Wildman–Crippen LogP) is 2.47. The molecule has 1 saturated carbocycles. The van der Waals surface area contributed by atoms with Crippen LogP contribution in [-0.4, -0.2) is 15.6 Å². The van der Waals surface area contributed by atoms with Gasteiger partial charge in [-0.25, -0.2) is 4.79 Å². The summed E-state index contributed by atoms with van der Waals surface area (Å²) in [5, 5.41) is 3.54. The van der Waals surface area contributed by atoms with E-state index >= 15 is 0 Å². The minimum Gasteiger partial charge on any atom is -0.310 e. The van der Waals surface area contributed by atoms with Crippen molar-refractivity contribution < 1.29 is 0 Å². The summed E-state index contributed by atoms with van der Waals surface area (Å²) in [6.07, 6.45) is 8.88. The van der Waals surface area contributed by atoms with Crippen LogP contribution < -0.4 is 16.6 Å². The first-order chi connectivity index (χ1) is 12.6. The van der Waals surface area contributed by atoms with Gasteiger partial charge in [-0.3, -0.25) is 9.78 Å². The average Bonchev–Trinajstić information content (AvgIpc) is 3.01. The van der Waals surface area contributed by atoms with E-state index in [0.717, 1.165) is 12.8 Å². The minimum atomic E-state index is -0.333. The van der Waals surface area contributed by atoms with E-state index in [9.17, 15) is 9.59 Å². The lowest BCUT2D eigenvalue weighted by Gasteiger charge is -2.38. The molecule has 4 rings (SSSR count). The number of nitrogens with one attached hydrogen (secondary N) is 2. The molecule has 1 aromatic carbocycles. The molecule has 0 bridgehead atoms. The highest BCUT2D eigenvalue weighted by atomic mass is 16.2. The van der Waals surface area contributed by atoms with Crippen molar-refractivity contribution in [2.24, 2.45) is 0 Å². The van der Waals surface area contributed by atoms with Gasteiger partial charge < -0.3 is 9.88 Å². The molecule has 0 aliphatic heterocycles. The fraction of sp³-hybridized carbons (Fsp3) is 0.524. The summed E-state index contributed by atoms with van der Waals surface area (Å²) in [7, 11) is 0. The largest absolute Gasteiger partial charge is 0.328 e. The summed E-state index contributed by atoms with van der Waals surface area (Å²) < 4.78 is 1.55. The van der Waals surface area contributed by atoms with E-state index in [4.69, 9.17) is 0 Å². The van der Waals surface area contributed by atoms with Gasteiger partial charge in [0.1, 0.15) is 0 Å². The molecule has 26 heavy (non-hydrogen) atoms. The molecule has 2 aromatic rings. The van der Waals surface area contributed by atoms with E-state index in [-0.39, 0.29) is 11.2 Å². The summed E-state index contributed by atoms with van der Waals surface area (Å²) in [6.45, 7) is 2.98. The Hall–Kier alpha value is -2.14. The number of aromatic nitrogens is 2. The molecule has 5 nitrogen and oxygen atoms in total. The van der Waals surface area contributed by atoms with E-state index in [2.05, 4.69) is 34.6 Å². The van der Waals surface area contributed by atoms with Gasteiger partial charge in [-0.2, -0.15) is 0 Å². The topological polar surface area (TPSA) is 66.9 Å². The lowest BCUT2D eigenvalue weighted by Crippen LogP contribution is -2.40. The van der Waals surface area contributed by atoms with E-state index < -0.39 is 0 Å². The zero-order chi connectivity index (χ0) is 18.1. The third kappa shape index (κ3) is 3.05. The molecular weight excluding hydrogens is 326 g/mol. The lowest BCUT2D eigenvalue weighted by atomic mass is 9.69. The molecule has 1 fully saturated rings. The van der Waals surface area contributed by atoms with E-state index in [0.29, 0.717) is 30.1 Å². The van der Waals surface area contributed by atoms with Crippen molar-refractivity contribution in [2.75, 3.05) is 0 Å². The molecule has 1 aromatic heterocycles. The van der Waals surface area contributed by atoms with Crippen molar-refractivity contribution in [1.82, 2.24) is 14.9 Å². The number of nitrogens with zero attached hydrogens (tertiary/aromatic N) is 1. The van der Waals surface area contributed by atoms with E-state index in [1.165, 1.54) is 31.2 Å². The van der Waals surface area contributed by atoms with Gasteiger partial charge in [0, 0.05) is 30.9 Å². The molecule has 2 aliphatic rings. The van der Waals surface area contributed by atoms with Gasteiger partial charge in [0.25, 0.3) is 5.56 Å². The van der Waals surface area contributed by atoms with Crippen molar-refractivity contribution in [3.8, 4) is 0 Å². The van der Waals surface area contributed by atoms with Crippen LogP contribution in [0.5, 0.6) is 0 Å². The minimum absolute atomic E-state index is 0.274. The molecule has 0 amide bonds. The predicted molar refractivity (Wildman–Crippen MR) is 103 cm³/mol. The Bertz CT molecular complexity index is 904. The number of rotatable bonds is 4. The quantitative estimate of drug-likeness (QED) is 0.887. The summed E-state index contributed by atoms with van der Waals surface area (Å²) in [4.78, 5) is 26.1. The Morgan fingerprint density at radius 1 is 1.19 bits per heavy atom. The van der Waals surface area contributed by atoms with Crippen LogP contribution in [0.25, 0.3) is 0 Å². The monoisotopic (exact) mass is 353 g/mol. The number of fused-ring (bicyclic) bond motifs is 2. The zero-order valence-electron chi connectivity index (χ0n) is 15.4. The summed E-state index contributed by atoms with van der Waals surface area (Å²) in [5.41, 5.74) is 3.52. The van der Waals surface area contributed by atoms with E-state index in [1.54, 1.807) is 16.3 Å². The highest BCUT2D eigenvalue weighted by Crippen LogP contribution is 2.48. The van der Waals surface area contributed by atoms with Crippen LogP contribution in [0.4, 0.5) is 0 Å². The number of hydrogen-bond acceptors (Lipinski definition) is 3. The maximum atomic E-state index is 12.0. The van der Waals surface area contributed by atoms with Crippen LogP contribution in [-0.2, 0) is 24.9 Å². The Morgan fingerprint density at radius 3 is 2.73 bits per heavy atom. The van der Waals surface area contributed by atoms with Crippen molar-refractivity contribution in [2.45, 2.75) is 70.0 Å². The second kappa shape index (κ2) is 6.88. The highest BCUT2D eigenvalue weighted by molar-refractivity contribution is 5.39. The maximum Gasteiger partial charge on any atom is 0.328 e. The SMILES string of the molecule is CCn1cc(CNC2CCC3(CCc4ccccc43)CC2)c(=O)[nH]c1=O. The number of aromatic amines is 1. The van der Waals surface area contributed by atoms with Gasteiger partial charge in [-0.1, -0.05) is 24.3 Å². The summed E-state index contributed by atoms with van der Waals surface area (Å²) >= 11 is 0. The van der Waals surface area contributed by atoms with Gasteiger partial charge in [0.05, 0.1) is 0 Å². The first-order valence-corrected chi connectivity index (χ1v) is 9.76. The molecule has 0 saturated heterocycles. The third-order valence-electron chi connectivity index (χ3n) is 6.41. The second-order valence-electron chi connectivity index (χ2n) is 7.79. The molecule has 5 heteroatoms. The number of H-pyrrole nitrogens is 1. The van der Waals surface area contributed by atoms with Crippen molar-refractivity contribution in [1.29, 1.82) is 0 Å². The summed E-state index contributed by atoms with van der Waals surface area (Å²) in [6, 6.07) is 9.37. The highest BCUT2D eigenvalue weighted by Gasteiger charge is 2.41. The van der Waals surface area contributed by atoms with Crippen molar-refractivity contribution in [3.63, 3.8) is 0 Å². The Kier molecular flexibility index (Phi) is 4.57. The number of benzene rings is 1. The van der Waals surface area contributed by atoms with Gasteiger partial charge in [0.2, 0.25) is 0 Å². The smallest absolute Gasteiger partial charge is 0.310 e. The molecule has 0 atom stereocenters. The van der Waals surface area contributed by atoms with E-state index in [1.807, 2.05) is 6.92 Å². The van der Waals surface area contributed by atoms with Crippen LogP contribution >= 0.6 is 0 Å². The molecule has 0 radical (unpaired) electrons. The molecule has 0 unspecified atom stereocenters. The molecule has 2 N–H and O–H groups in total. The molecule has 1 heterocycles. The Morgan fingerprint density at radius 2 is 1.96 bits per heavy atom.